The Labute approximate surface area is 114 Å². The molecule has 5 heteroatoms. The van der Waals surface area contributed by atoms with E-state index in [1.54, 1.807) is 0 Å². The maximum atomic E-state index is 5.45. The third kappa shape index (κ3) is 2.08. The summed E-state index contributed by atoms with van der Waals surface area (Å²) in [7, 11) is 0. The van der Waals surface area contributed by atoms with Crippen molar-refractivity contribution in [3.8, 4) is 5.69 Å². The molecule has 0 spiro atoms. The van der Waals surface area contributed by atoms with E-state index in [0.29, 0.717) is 11.2 Å². The monoisotopic (exact) mass is 307 g/mol. The number of hydrogen-bond donors (Lipinski definition) is 0. The van der Waals surface area contributed by atoms with Crippen LogP contribution in [0.3, 0.4) is 0 Å². The molecule has 18 heavy (non-hydrogen) atoms. The van der Waals surface area contributed by atoms with Crippen molar-refractivity contribution in [2.45, 2.75) is 17.7 Å². The number of ether oxygens (including phenoxy) is 1. The van der Waals surface area contributed by atoms with Gasteiger partial charge in [0, 0.05) is 18.2 Å². The van der Waals surface area contributed by atoms with E-state index in [0.717, 1.165) is 37.0 Å². The Kier molecular flexibility index (Phi) is 3.43. The van der Waals surface area contributed by atoms with Gasteiger partial charge in [0.2, 0.25) is 0 Å². The van der Waals surface area contributed by atoms with E-state index < -0.39 is 0 Å². The van der Waals surface area contributed by atoms with Crippen LogP contribution in [0.15, 0.2) is 30.3 Å². The first kappa shape index (κ1) is 11.9. The summed E-state index contributed by atoms with van der Waals surface area (Å²) in [5.41, 5.74) is 1.11. The molecule has 0 radical (unpaired) electrons. The van der Waals surface area contributed by atoms with Gasteiger partial charge in [-0.3, -0.25) is 4.57 Å². The number of rotatable bonds is 3. The average molecular weight is 308 g/mol. The molecule has 94 valence electrons. The average Bonchev–Trinajstić information content (AvgIpc) is 3.08. The maximum Gasteiger partial charge on any atom is 0.148 e. The zero-order valence-electron chi connectivity index (χ0n) is 9.92. The van der Waals surface area contributed by atoms with Gasteiger partial charge in [-0.15, -0.1) is 10.2 Å². The molecule has 1 aliphatic heterocycles. The second-order valence-corrected chi connectivity index (χ2v) is 4.90. The Morgan fingerprint density at radius 2 is 2.11 bits per heavy atom. The van der Waals surface area contributed by atoms with Crippen molar-refractivity contribution >= 4 is 15.9 Å². The van der Waals surface area contributed by atoms with Crippen LogP contribution in [0.5, 0.6) is 0 Å². The van der Waals surface area contributed by atoms with Crippen molar-refractivity contribution in [1.82, 2.24) is 14.8 Å². The molecule has 3 rings (SSSR count). The molecule has 4 nitrogen and oxygen atoms in total. The van der Waals surface area contributed by atoms with Crippen LogP contribution in [-0.2, 0) is 10.1 Å². The summed E-state index contributed by atoms with van der Waals surface area (Å²) in [5, 5.41) is 9.31. The minimum Gasteiger partial charge on any atom is -0.381 e. The van der Waals surface area contributed by atoms with Gasteiger partial charge in [-0.25, -0.2) is 0 Å². The van der Waals surface area contributed by atoms with Crippen molar-refractivity contribution < 1.29 is 4.74 Å². The van der Waals surface area contributed by atoms with E-state index in [1.807, 2.05) is 18.2 Å². The Balaban J connectivity index is 2.07. The van der Waals surface area contributed by atoms with E-state index in [-0.39, 0.29) is 0 Å². The third-order valence-electron chi connectivity index (χ3n) is 3.18. The lowest BCUT2D eigenvalue weighted by molar-refractivity contribution is 0.193. The van der Waals surface area contributed by atoms with Crippen LogP contribution >= 0.6 is 15.9 Å². The summed E-state index contributed by atoms with van der Waals surface area (Å²) in [6, 6.07) is 10.2. The summed E-state index contributed by atoms with van der Waals surface area (Å²) >= 11 is 3.47. The van der Waals surface area contributed by atoms with Crippen molar-refractivity contribution in [3.05, 3.63) is 42.0 Å². The molecule has 0 N–H and O–H groups in total. The number of aromatic nitrogens is 3. The first-order chi connectivity index (χ1) is 8.90. The van der Waals surface area contributed by atoms with E-state index in [4.69, 9.17) is 4.74 Å². The number of alkyl halides is 1. The molecule has 0 aliphatic carbocycles. The molecule has 2 heterocycles. The minimum absolute atomic E-state index is 0.352. The van der Waals surface area contributed by atoms with Crippen LogP contribution < -0.4 is 0 Å². The topological polar surface area (TPSA) is 39.9 Å². The van der Waals surface area contributed by atoms with Gasteiger partial charge in [0.15, 0.2) is 0 Å². The highest BCUT2D eigenvalue weighted by atomic mass is 79.9. The second-order valence-electron chi connectivity index (χ2n) is 4.34. The molecule has 1 aliphatic rings. The van der Waals surface area contributed by atoms with Gasteiger partial charge >= 0.3 is 0 Å². The van der Waals surface area contributed by atoms with E-state index in [2.05, 4.69) is 42.8 Å². The smallest absolute Gasteiger partial charge is 0.148 e. The lowest BCUT2D eigenvalue weighted by Gasteiger charge is -2.12. The fraction of sp³-hybridized carbons (Fsp3) is 0.385. The number of halogens is 1. The van der Waals surface area contributed by atoms with Crippen molar-refractivity contribution in [2.24, 2.45) is 0 Å². The van der Waals surface area contributed by atoms with Gasteiger partial charge in [0.25, 0.3) is 0 Å². The van der Waals surface area contributed by atoms with Gasteiger partial charge in [0.05, 0.1) is 11.9 Å². The molecule has 2 aromatic rings. The standard InChI is InChI=1S/C13H14BrN3O/c14-8-12-15-16-13(10-6-7-18-9-10)17(12)11-4-2-1-3-5-11/h1-5,10H,6-9H2. The van der Waals surface area contributed by atoms with Gasteiger partial charge in [-0.1, -0.05) is 34.1 Å². The van der Waals surface area contributed by atoms with Gasteiger partial charge in [0.1, 0.15) is 11.6 Å². The molecule has 1 unspecified atom stereocenters. The lowest BCUT2D eigenvalue weighted by Crippen LogP contribution is -2.09. The quantitative estimate of drug-likeness (QED) is 0.819. The normalized spacial score (nSPS) is 19.3. The van der Waals surface area contributed by atoms with Crippen molar-refractivity contribution in [2.75, 3.05) is 13.2 Å². The fourth-order valence-electron chi connectivity index (χ4n) is 2.28. The zero-order chi connectivity index (χ0) is 12.4. The highest BCUT2D eigenvalue weighted by molar-refractivity contribution is 9.08. The summed E-state index contributed by atoms with van der Waals surface area (Å²) in [6.45, 7) is 1.56. The molecule has 1 saturated heterocycles. The van der Waals surface area contributed by atoms with Crippen LogP contribution in [0.1, 0.15) is 24.0 Å². The third-order valence-corrected chi connectivity index (χ3v) is 3.69. The van der Waals surface area contributed by atoms with Crippen LogP contribution in [0.4, 0.5) is 0 Å². The summed E-state index contributed by atoms with van der Waals surface area (Å²) < 4.78 is 7.59. The molecule has 1 aromatic heterocycles. The van der Waals surface area contributed by atoms with Crippen molar-refractivity contribution in [3.63, 3.8) is 0 Å². The molecule has 1 aromatic carbocycles. The maximum absolute atomic E-state index is 5.45. The number of benzene rings is 1. The lowest BCUT2D eigenvalue weighted by atomic mass is 10.1. The molecular formula is C13H14BrN3O. The molecular weight excluding hydrogens is 294 g/mol. The first-order valence-corrected chi connectivity index (χ1v) is 7.15. The Bertz CT molecular complexity index is 520. The minimum atomic E-state index is 0.352. The van der Waals surface area contributed by atoms with Crippen LogP contribution in [-0.4, -0.2) is 28.0 Å². The second kappa shape index (κ2) is 5.20. The number of para-hydroxylation sites is 1. The largest absolute Gasteiger partial charge is 0.381 e. The molecule has 1 fully saturated rings. The molecule has 0 saturated carbocycles. The van der Waals surface area contributed by atoms with Crippen LogP contribution in [0, 0.1) is 0 Å². The van der Waals surface area contributed by atoms with E-state index >= 15 is 0 Å². The number of hydrogen-bond acceptors (Lipinski definition) is 3. The van der Waals surface area contributed by atoms with E-state index in [1.165, 1.54) is 0 Å². The first-order valence-electron chi connectivity index (χ1n) is 6.03. The molecule has 0 bridgehead atoms. The Morgan fingerprint density at radius 3 is 2.78 bits per heavy atom. The Morgan fingerprint density at radius 1 is 1.28 bits per heavy atom. The predicted octanol–water partition coefficient (Wildman–Crippen LogP) is 2.67. The fourth-order valence-corrected chi connectivity index (χ4v) is 2.64. The highest BCUT2D eigenvalue weighted by Gasteiger charge is 2.25. The summed E-state index contributed by atoms with van der Waals surface area (Å²) in [5.74, 6) is 2.29. The molecule has 1 atom stereocenters. The number of nitrogens with zero attached hydrogens (tertiary/aromatic N) is 3. The SMILES string of the molecule is BrCc1nnc(C2CCOC2)n1-c1ccccc1. The highest BCUT2D eigenvalue weighted by Crippen LogP contribution is 2.27. The van der Waals surface area contributed by atoms with E-state index in [9.17, 15) is 0 Å². The van der Waals surface area contributed by atoms with Gasteiger partial charge in [-0.2, -0.15) is 0 Å². The Hall–Kier alpha value is -1.20. The van der Waals surface area contributed by atoms with Gasteiger partial charge in [-0.05, 0) is 18.6 Å². The summed E-state index contributed by atoms with van der Waals surface area (Å²) in [4.78, 5) is 0. The van der Waals surface area contributed by atoms with Gasteiger partial charge < -0.3 is 4.74 Å². The van der Waals surface area contributed by atoms with Crippen molar-refractivity contribution in [1.29, 1.82) is 0 Å². The van der Waals surface area contributed by atoms with Crippen LogP contribution in [0.2, 0.25) is 0 Å². The van der Waals surface area contributed by atoms with Crippen LogP contribution in [0.25, 0.3) is 5.69 Å². The predicted molar refractivity (Wildman–Crippen MR) is 72.2 cm³/mol. The molecule has 0 amide bonds. The zero-order valence-corrected chi connectivity index (χ0v) is 11.5. The summed E-state index contributed by atoms with van der Waals surface area (Å²) in [6.07, 6.45) is 1.02.